The summed E-state index contributed by atoms with van der Waals surface area (Å²) in [5.41, 5.74) is 5.25. The van der Waals surface area contributed by atoms with E-state index < -0.39 is 11.9 Å². The minimum absolute atomic E-state index is 0.201. The molecule has 0 aliphatic carbocycles. The molecule has 0 aliphatic heterocycles. The molecule has 9 heteroatoms. The number of thiocarbonyl (C=S) groups is 1. The van der Waals surface area contributed by atoms with Gasteiger partial charge < -0.3 is 11.1 Å². The first-order valence-electron chi connectivity index (χ1n) is 7.77. The van der Waals surface area contributed by atoms with Crippen molar-refractivity contribution >= 4 is 29.4 Å². The van der Waals surface area contributed by atoms with E-state index in [1.807, 2.05) is 0 Å². The van der Waals surface area contributed by atoms with E-state index in [0.717, 1.165) is 6.34 Å². The first-order chi connectivity index (χ1) is 12.9. The number of aliphatic imine (C=N–C) groups is 1. The molecule has 0 fully saturated rings. The molecule has 3 N–H and O–H groups in total. The van der Waals surface area contributed by atoms with Gasteiger partial charge in [0.1, 0.15) is 0 Å². The highest BCUT2D eigenvalue weighted by Gasteiger charge is 2.40. The molecule has 0 bridgehead atoms. The van der Waals surface area contributed by atoms with E-state index in [1.54, 1.807) is 60.7 Å². The summed E-state index contributed by atoms with van der Waals surface area (Å²) in [5, 5.41) is 6.17. The van der Waals surface area contributed by atoms with E-state index in [2.05, 4.69) is 27.6 Å². The number of rotatable bonds is 4. The van der Waals surface area contributed by atoms with Crippen LogP contribution in [-0.2, 0) is 6.18 Å². The number of nitrogens with two attached hydrogens (primary N) is 1. The molecular weight excluding hydrogens is 375 g/mol. The average molecular weight is 389 g/mol. The van der Waals surface area contributed by atoms with Gasteiger partial charge in [-0.1, -0.05) is 48.5 Å². The molecule has 3 aromatic rings. The molecule has 0 aliphatic rings. The Kier molecular flexibility index (Phi) is 5.22. The second kappa shape index (κ2) is 7.58. The van der Waals surface area contributed by atoms with E-state index in [9.17, 15) is 13.2 Å². The van der Waals surface area contributed by atoms with Gasteiger partial charge in [-0.3, -0.25) is 0 Å². The predicted molar refractivity (Wildman–Crippen MR) is 103 cm³/mol. The number of nitrogens with one attached hydrogen (secondary N) is 1. The van der Waals surface area contributed by atoms with Crippen molar-refractivity contribution in [1.29, 1.82) is 0 Å². The summed E-state index contributed by atoms with van der Waals surface area (Å²) in [6.07, 6.45) is -3.65. The zero-order valence-corrected chi connectivity index (χ0v) is 14.6. The quantitative estimate of drug-likeness (QED) is 0.398. The molecule has 0 atom stereocenters. The standard InChI is InChI=1S/C18H14F3N5S/c19-18(20,21)16-14(23-11-24-17(22)27)15(12-7-3-1-4-8-12)26(25-16)13-9-5-2-6-10-13/h1-11H,(H3,22,23,24,27). The molecule has 1 aromatic heterocycles. The molecule has 1 heterocycles. The molecule has 0 amide bonds. The molecule has 2 aromatic carbocycles. The van der Waals surface area contributed by atoms with Crippen molar-refractivity contribution in [2.75, 3.05) is 5.32 Å². The van der Waals surface area contributed by atoms with Crippen LogP contribution in [0, 0.1) is 0 Å². The number of anilines is 1. The maximum Gasteiger partial charge on any atom is 0.437 e. The Bertz CT molecular complexity index is 966. The molecule has 3 rings (SSSR count). The predicted octanol–water partition coefficient (Wildman–Crippen LogP) is 4.24. The lowest BCUT2D eigenvalue weighted by Crippen LogP contribution is -2.11. The average Bonchev–Trinajstić information content (AvgIpc) is 3.03. The fraction of sp³-hybridized carbons (Fsp3) is 0.0556. The lowest BCUT2D eigenvalue weighted by Gasteiger charge is -2.10. The van der Waals surface area contributed by atoms with E-state index in [0.29, 0.717) is 11.3 Å². The number of nitrogens with zero attached hydrogens (tertiary/aromatic N) is 3. The molecular formula is C18H14F3N5S. The minimum atomic E-state index is -4.68. The zero-order chi connectivity index (χ0) is 19.4. The number of aromatic nitrogens is 2. The Morgan fingerprint density at radius 1 is 1.07 bits per heavy atom. The second-order valence-electron chi connectivity index (χ2n) is 5.42. The topological polar surface area (TPSA) is 68.2 Å². The van der Waals surface area contributed by atoms with Gasteiger partial charge >= 0.3 is 6.18 Å². The van der Waals surface area contributed by atoms with Crippen molar-refractivity contribution in [1.82, 2.24) is 9.78 Å². The largest absolute Gasteiger partial charge is 0.437 e. The Morgan fingerprint density at radius 2 is 1.67 bits per heavy atom. The Morgan fingerprint density at radius 3 is 2.22 bits per heavy atom. The van der Waals surface area contributed by atoms with Crippen molar-refractivity contribution in [2.45, 2.75) is 6.18 Å². The van der Waals surface area contributed by atoms with Gasteiger partial charge in [-0.15, -0.1) is 0 Å². The third-order valence-corrected chi connectivity index (χ3v) is 3.71. The van der Waals surface area contributed by atoms with Crippen LogP contribution in [0.5, 0.6) is 0 Å². The molecule has 5 nitrogen and oxygen atoms in total. The molecule has 0 spiro atoms. The van der Waals surface area contributed by atoms with Crippen LogP contribution in [0.15, 0.2) is 65.7 Å². The first kappa shape index (κ1) is 18.6. The van der Waals surface area contributed by atoms with Crippen LogP contribution in [0.4, 0.5) is 18.9 Å². The molecule has 0 radical (unpaired) electrons. The number of alkyl halides is 3. The Hall–Kier alpha value is -3.20. The van der Waals surface area contributed by atoms with E-state index >= 15 is 0 Å². The highest BCUT2D eigenvalue weighted by Crippen LogP contribution is 2.41. The molecule has 0 unspecified atom stereocenters. The highest BCUT2D eigenvalue weighted by molar-refractivity contribution is 7.80. The zero-order valence-electron chi connectivity index (χ0n) is 13.8. The third kappa shape index (κ3) is 4.14. The van der Waals surface area contributed by atoms with Crippen LogP contribution in [0.2, 0.25) is 0 Å². The van der Waals surface area contributed by atoms with Gasteiger partial charge in [0, 0.05) is 5.56 Å². The van der Waals surface area contributed by atoms with Gasteiger partial charge in [0.2, 0.25) is 0 Å². The molecule has 27 heavy (non-hydrogen) atoms. The van der Waals surface area contributed by atoms with Crippen LogP contribution in [0.25, 0.3) is 16.9 Å². The van der Waals surface area contributed by atoms with Gasteiger partial charge in [0.05, 0.1) is 23.4 Å². The smallest absolute Gasteiger partial charge is 0.374 e. The normalized spacial score (nSPS) is 11.7. The number of hydrogen-bond donors (Lipinski definition) is 2. The summed E-state index contributed by atoms with van der Waals surface area (Å²) in [5.74, 6) is 0. The lowest BCUT2D eigenvalue weighted by molar-refractivity contribution is -0.140. The minimum Gasteiger partial charge on any atom is -0.374 e. The SMILES string of the molecule is NC(=S)/N=C/Nc1c(C(F)(F)F)nn(-c2ccccc2)c1-c1ccccc1. The summed E-state index contributed by atoms with van der Waals surface area (Å²) in [7, 11) is 0. The number of hydrogen-bond acceptors (Lipinski definition) is 2. The van der Waals surface area contributed by atoms with Gasteiger partial charge in [0.15, 0.2) is 10.8 Å². The second-order valence-corrected chi connectivity index (χ2v) is 5.84. The molecule has 0 saturated heterocycles. The van der Waals surface area contributed by atoms with Gasteiger partial charge in [0.25, 0.3) is 0 Å². The van der Waals surface area contributed by atoms with Crippen LogP contribution in [0.3, 0.4) is 0 Å². The van der Waals surface area contributed by atoms with Crippen molar-refractivity contribution in [2.24, 2.45) is 10.7 Å². The highest BCUT2D eigenvalue weighted by atomic mass is 32.1. The maximum atomic E-state index is 13.6. The maximum absolute atomic E-state index is 13.6. The summed E-state index contributed by atoms with van der Waals surface area (Å²) in [6.45, 7) is 0. The van der Waals surface area contributed by atoms with E-state index in [-0.39, 0.29) is 16.5 Å². The van der Waals surface area contributed by atoms with E-state index in [4.69, 9.17) is 5.73 Å². The Labute approximate surface area is 158 Å². The summed E-state index contributed by atoms with van der Waals surface area (Å²) in [4.78, 5) is 3.63. The van der Waals surface area contributed by atoms with Crippen LogP contribution in [0.1, 0.15) is 5.69 Å². The van der Waals surface area contributed by atoms with Crippen LogP contribution in [-0.4, -0.2) is 21.2 Å². The van der Waals surface area contributed by atoms with Gasteiger partial charge in [-0.2, -0.15) is 18.3 Å². The fourth-order valence-electron chi connectivity index (χ4n) is 2.53. The lowest BCUT2D eigenvalue weighted by atomic mass is 10.1. The monoisotopic (exact) mass is 389 g/mol. The molecule has 0 saturated carbocycles. The summed E-state index contributed by atoms with van der Waals surface area (Å²) >= 11 is 4.62. The van der Waals surface area contributed by atoms with E-state index in [1.165, 1.54) is 4.68 Å². The number of benzene rings is 2. The van der Waals surface area contributed by atoms with Crippen LogP contribution >= 0.6 is 12.2 Å². The summed E-state index contributed by atoms with van der Waals surface area (Å²) in [6, 6.07) is 17.2. The number of para-hydroxylation sites is 1. The fourth-order valence-corrected chi connectivity index (χ4v) is 2.59. The van der Waals surface area contributed by atoms with Crippen molar-refractivity contribution in [3.8, 4) is 16.9 Å². The first-order valence-corrected chi connectivity index (χ1v) is 8.18. The van der Waals surface area contributed by atoms with Crippen molar-refractivity contribution < 1.29 is 13.2 Å². The van der Waals surface area contributed by atoms with Crippen molar-refractivity contribution in [3.05, 3.63) is 66.4 Å². The van der Waals surface area contributed by atoms with Crippen LogP contribution < -0.4 is 11.1 Å². The number of halogens is 3. The molecule has 138 valence electrons. The van der Waals surface area contributed by atoms with Crippen molar-refractivity contribution in [3.63, 3.8) is 0 Å². The summed E-state index contributed by atoms with van der Waals surface area (Å²) < 4.78 is 42.2. The van der Waals surface area contributed by atoms with Gasteiger partial charge in [-0.05, 0) is 24.4 Å². The van der Waals surface area contributed by atoms with Gasteiger partial charge in [-0.25, -0.2) is 9.67 Å². The third-order valence-electron chi connectivity index (χ3n) is 3.60. The Balaban J connectivity index is 2.28.